The average molecular weight is 349 g/mol. The molecule has 1 unspecified atom stereocenters. The maximum atomic E-state index is 12.7. The summed E-state index contributed by atoms with van der Waals surface area (Å²) in [6.07, 6.45) is 2.90. The topological polar surface area (TPSA) is 79.8 Å². The lowest BCUT2D eigenvalue weighted by Crippen LogP contribution is -2.58. The van der Waals surface area contributed by atoms with Crippen LogP contribution in [0.5, 0.6) is 0 Å². The number of hydrogen-bond acceptors (Lipinski definition) is 7. The van der Waals surface area contributed by atoms with Crippen LogP contribution in [0.25, 0.3) is 0 Å². The molecule has 1 N–H and O–H groups in total. The van der Waals surface area contributed by atoms with Crippen molar-refractivity contribution in [2.45, 2.75) is 25.5 Å². The minimum Gasteiger partial charge on any atom is -0.379 e. The van der Waals surface area contributed by atoms with Gasteiger partial charge in [0.05, 0.1) is 26.4 Å². The van der Waals surface area contributed by atoms with Gasteiger partial charge in [0.15, 0.2) is 6.10 Å². The van der Waals surface area contributed by atoms with Crippen molar-refractivity contribution in [3.8, 4) is 0 Å². The number of aromatic nitrogens is 2. The van der Waals surface area contributed by atoms with E-state index in [1.165, 1.54) is 0 Å². The van der Waals surface area contributed by atoms with Crippen LogP contribution in [0.15, 0.2) is 18.5 Å². The van der Waals surface area contributed by atoms with E-state index >= 15 is 0 Å². The summed E-state index contributed by atoms with van der Waals surface area (Å²) in [4.78, 5) is 25.5. The third-order valence-corrected chi connectivity index (χ3v) is 4.38. The van der Waals surface area contributed by atoms with Gasteiger partial charge in [-0.1, -0.05) is 0 Å². The molecule has 2 aliphatic rings. The van der Waals surface area contributed by atoms with Crippen LogP contribution in [0.4, 0.5) is 5.95 Å². The van der Waals surface area contributed by atoms with Crippen LogP contribution in [-0.2, 0) is 14.3 Å². The molecule has 25 heavy (non-hydrogen) atoms. The largest absolute Gasteiger partial charge is 0.379 e. The molecule has 3 heterocycles. The number of nitrogens with zero attached hydrogens (tertiary/aromatic N) is 4. The fourth-order valence-electron chi connectivity index (χ4n) is 3.22. The second-order valence-electron chi connectivity index (χ2n) is 7.12. The van der Waals surface area contributed by atoms with Crippen LogP contribution in [-0.4, -0.2) is 85.0 Å². The molecule has 1 aromatic heterocycles. The summed E-state index contributed by atoms with van der Waals surface area (Å²) in [6.45, 7) is 9.82. The molecule has 2 aliphatic heterocycles. The minimum atomic E-state index is -0.512. The molecule has 0 spiro atoms. The minimum absolute atomic E-state index is 0.0844. The summed E-state index contributed by atoms with van der Waals surface area (Å²) in [5, 5.41) is 3.13. The van der Waals surface area contributed by atoms with Gasteiger partial charge < -0.3 is 19.7 Å². The van der Waals surface area contributed by atoms with Crippen molar-refractivity contribution in [3.05, 3.63) is 18.5 Å². The Hall–Kier alpha value is -1.77. The van der Waals surface area contributed by atoms with E-state index in [-0.39, 0.29) is 11.4 Å². The van der Waals surface area contributed by atoms with Crippen LogP contribution >= 0.6 is 0 Å². The molecule has 0 aliphatic carbocycles. The molecule has 8 heteroatoms. The number of hydrogen-bond donors (Lipinski definition) is 1. The Bertz CT molecular complexity index is 563. The Morgan fingerprint density at radius 2 is 1.96 bits per heavy atom. The lowest BCUT2D eigenvalue weighted by Gasteiger charge is -2.37. The van der Waals surface area contributed by atoms with Crippen LogP contribution in [0.3, 0.4) is 0 Å². The van der Waals surface area contributed by atoms with Crippen LogP contribution in [0.2, 0.25) is 0 Å². The first kappa shape index (κ1) is 18.0. The average Bonchev–Trinajstić information content (AvgIpc) is 2.62. The summed E-state index contributed by atoms with van der Waals surface area (Å²) in [5.74, 6) is 0.551. The van der Waals surface area contributed by atoms with Crippen molar-refractivity contribution >= 4 is 11.9 Å². The van der Waals surface area contributed by atoms with Crippen LogP contribution < -0.4 is 10.2 Å². The number of carbonyl (C=O) groups excluding carboxylic acids is 1. The van der Waals surface area contributed by atoms with Gasteiger partial charge in [-0.15, -0.1) is 0 Å². The summed E-state index contributed by atoms with van der Waals surface area (Å²) in [6, 6.07) is 1.78. The van der Waals surface area contributed by atoms with E-state index in [2.05, 4.69) is 20.2 Å². The highest BCUT2D eigenvalue weighted by Crippen LogP contribution is 2.14. The highest BCUT2D eigenvalue weighted by atomic mass is 16.5. The van der Waals surface area contributed by atoms with E-state index in [1.54, 1.807) is 18.5 Å². The van der Waals surface area contributed by atoms with Gasteiger partial charge in [0.2, 0.25) is 5.95 Å². The van der Waals surface area contributed by atoms with E-state index in [0.717, 1.165) is 32.8 Å². The van der Waals surface area contributed by atoms with Gasteiger partial charge in [-0.25, -0.2) is 9.97 Å². The number of nitrogens with one attached hydrogen (secondary N) is 1. The first-order valence-electron chi connectivity index (χ1n) is 8.79. The SMILES string of the molecule is CC(C)(CN1CCOCC1)NC(=O)C1CN(c2ncccn2)CCO1. The zero-order valence-corrected chi connectivity index (χ0v) is 15.0. The highest BCUT2D eigenvalue weighted by molar-refractivity contribution is 5.82. The maximum absolute atomic E-state index is 12.7. The fourth-order valence-corrected chi connectivity index (χ4v) is 3.22. The quantitative estimate of drug-likeness (QED) is 0.796. The second-order valence-corrected chi connectivity index (χ2v) is 7.12. The summed E-state index contributed by atoms with van der Waals surface area (Å²) < 4.78 is 11.1. The smallest absolute Gasteiger partial charge is 0.251 e. The molecule has 2 saturated heterocycles. The van der Waals surface area contributed by atoms with E-state index in [0.29, 0.717) is 25.6 Å². The maximum Gasteiger partial charge on any atom is 0.251 e. The number of morpholine rings is 2. The first-order valence-corrected chi connectivity index (χ1v) is 8.79. The van der Waals surface area contributed by atoms with Crippen molar-refractivity contribution < 1.29 is 14.3 Å². The third-order valence-electron chi connectivity index (χ3n) is 4.38. The molecule has 2 fully saturated rings. The van der Waals surface area contributed by atoms with Gasteiger partial charge in [-0.2, -0.15) is 0 Å². The fraction of sp³-hybridized carbons (Fsp3) is 0.706. The molecular weight excluding hydrogens is 322 g/mol. The van der Waals surface area contributed by atoms with Gasteiger partial charge in [0, 0.05) is 44.1 Å². The van der Waals surface area contributed by atoms with Gasteiger partial charge >= 0.3 is 0 Å². The Morgan fingerprint density at radius 3 is 2.68 bits per heavy atom. The standard InChI is InChI=1S/C17H27N5O3/c1-17(2,13-21-6-9-24-10-7-21)20-15(23)14-12-22(8-11-25-14)16-18-4-3-5-19-16/h3-5,14H,6-13H2,1-2H3,(H,20,23). The molecule has 1 aromatic rings. The zero-order chi connectivity index (χ0) is 17.7. The number of amides is 1. The van der Waals surface area contributed by atoms with E-state index < -0.39 is 6.10 Å². The predicted molar refractivity (Wildman–Crippen MR) is 93.5 cm³/mol. The molecule has 0 saturated carbocycles. The van der Waals surface area contributed by atoms with E-state index in [9.17, 15) is 4.79 Å². The Balaban J connectivity index is 1.54. The van der Waals surface area contributed by atoms with Gasteiger partial charge in [-0.05, 0) is 19.9 Å². The van der Waals surface area contributed by atoms with Crippen molar-refractivity contribution in [1.29, 1.82) is 0 Å². The summed E-state index contributed by atoms with van der Waals surface area (Å²) in [7, 11) is 0. The zero-order valence-electron chi connectivity index (χ0n) is 15.0. The van der Waals surface area contributed by atoms with Crippen molar-refractivity contribution in [2.75, 3.05) is 57.4 Å². The second kappa shape index (κ2) is 8.07. The van der Waals surface area contributed by atoms with Crippen LogP contribution in [0, 0.1) is 0 Å². The van der Waals surface area contributed by atoms with Crippen molar-refractivity contribution in [2.24, 2.45) is 0 Å². The first-order chi connectivity index (χ1) is 12.0. The molecule has 0 radical (unpaired) electrons. The van der Waals surface area contributed by atoms with Crippen molar-refractivity contribution in [3.63, 3.8) is 0 Å². The number of rotatable bonds is 5. The highest BCUT2D eigenvalue weighted by Gasteiger charge is 2.32. The number of anilines is 1. The molecule has 0 bridgehead atoms. The molecule has 1 atom stereocenters. The van der Waals surface area contributed by atoms with Gasteiger partial charge in [0.1, 0.15) is 0 Å². The Morgan fingerprint density at radius 1 is 1.24 bits per heavy atom. The number of ether oxygens (including phenoxy) is 2. The molecule has 3 rings (SSSR count). The lowest BCUT2D eigenvalue weighted by atomic mass is 10.0. The normalized spacial score (nSPS) is 22.6. The van der Waals surface area contributed by atoms with Crippen LogP contribution in [0.1, 0.15) is 13.8 Å². The Kier molecular flexibility index (Phi) is 5.82. The van der Waals surface area contributed by atoms with E-state index in [4.69, 9.17) is 9.47 Å². The van der Waals surface area contributed by atoms with Crippen molar-refractivity contribution in [1.82, 2.24) is 20.2 Å². The molecule has 138 valence electrons. The number of carbonyl (C=O) groups is 1. The molecule has 1 amide bonds. The molecular formula is C17H27N5O3. The predicted octanol–water partition coefficient (Wildman–Crippen LogP) is -0.0912. The monoisotopic (exact) mass is 349 g/mol. The van der Waals surface area contributed by atoms with E-state index in [1.807, 2.05) is 18.7 Å². The van der Waals surface area contributed by atoms with Gasteiger partial charge in [0.25, 0.3) is 5.91 Å². The van der Waals surface area contributed by atoms with Gasteiger partial charge in [-0.3, -0.25) is 9.69 Å². The summed E-state index contributed by atoms with van der Waals surface area (Å²) >= 11 is 0. The third kappa shape index (κ3) is 5.10. The molecule has 8 nitrogen and oxygen atoms in total. The Labute approximate surface area is 148 Å². The molecule has 0 aromatic carbocycles. The summed E-state index contributed by atoms with van der Waals surface area (Å²) in [5.41, 5.74) is -0.330. The lowest BCUT2D eigenvalue weighted by molar-refractivity contribution is -0.135.